The number of amides is 1. The highest BCUT2D eigenvalue weighted by Gasteiger charge is 2.15. The van der Waals surface area contributed by atoms with Gasteiger partial charge in [0.05, 0.1) is 11.6 Å². The molecule has 2 aromatic rings. The topological polar surface area (TPSA) is 62.1 Å². The molecule has 2 rings (SSSR count). The largest absolute Gasteiger partial charge is 0.481 e. The Balaban J connectivity index is 2.00. The molecule has 22 heavy (non-hydrogen) atoms. The molecular formula is C16H12Cl2N2O2. The van der Waals surface area contributed by atoms with Crippen molar-refractivity contribution in [1.82, 2.24) is 0 Å². The van der Waals surface area contributed by atoms with Gasteiger partial charge in [0, 0.05) is 15.7 Å². The Hall–Kier alpha value is -2.22. The zero-order chi connectivity index (χ0) is 16.1. The summed E-state index contributed by atoms with van der Waals surface area (Å²) in [6, 6.07) is 13.3. The normalized spacial score (nSPS) is 11.4. The van der Waals surface area contributed by atoms with Crippen LogP contribution in [-0.2, 0) is 4.79 Å². The van der Waals surface area contributed by atoms with E-state index in [0.717, 1.165) is 0 Å². The van der Waals surface area contributed by atoms with Gasteiger partial charge in [-0.2, -0.15) is 5.26 Å². The van der Waals surface area contributed by atoms with Crippen LogP contribution in [0.1, 0.15) is 12.5 Å². The Morgan fingerprint density at radius 1 is 1.18 bits per heavy atom. The van der Waals surface area contributed by atoms with Crippen LogP contribution in [0, 0.1) is 11.3 Å². The number of hydrogen-bond acceptors (Lipinski definition) is 3. The van der Waals surface area contributed by atoms with E-state index in [2.05, 4.69) is 5.32 Å². The summed E-state index contributed by atoms with van der Waals surface area (Å²) in [5, 5.41) is 12.3. The molecule has 0 aliphatic heterocycles. The lowest BCUT2D eigenvalue weighted by Crippen LogP contribution is -2.30. The summed E-state index contributed by atoms with van der Waals surface area (Å²) in [6.45, 7) is 1.62. The van der Waals surface area contributed by atoms with E-state index in [-0.39, 0.29) is 5.91 Å². The van der Waals surface area contributed by atoms with Gasteiger partial charge in [-0.1, -0.05) is 23.2 Å². The molecule has 6 heteroatoms. The molecule has 0 saturated carbocycles. The van der Waals surface area contributed by atoms with Gasteiger partial charge >= 0.3 is 0 Å². The second kappa shape index (κ2) is 7.17. The van der Waals surface area contributed by atoms with Crippen LogP contribution in [0.3, 0.4) is 0 Å². The van der Waals surface area contributed by atoms with Crippen molar-refractivity contribution < 1.29 is 9.53 Å². The Labute approximate surface area is 138 Å². The minimum atomic E-state index is -0.717. The maximum atomic E-state index is 12.1. The van der Waals surface area contributed by atoms with Crippen LogP contribution < -0.4 is 10.1 Å². The minimum Gasteiger partial charge on any atom is -0.481 e. The van der Waals surface area contributed by atoms with Crippen molar-refractivity contribution in [2.45, 2.75) is 13.0 Å². The van der Waals surface area contributed by atoms with Gasteiger partial charge in [-0.15, -0.1) is 0 Å². The molecule has 0 fully saturated rings. The van der Waals surface area contributed by atoms with E-state index in [9.17, 15) is 4.79 Å². The molecule has 0 aromatic heterocycles. The second-order valence-electron chi connectivity index (χ2n) is 4.54. The first kappa shape index (κ1) is 16.2. The van der Waals surface area contributed by atoms with E-state index in [4.69, 9.17) is 33.2 Å². The standard InChI is InChI=1S/C16H12Cl2N2O2/c1-10(22-15-4-2-11(9-19)3-5-15)16(21)20-14-7-12(17)6-13(18)8-14/h2-8,10H,1H3,(H,20,21)/t10-/m1/s1. The highest BCUT2D eigenvalue weighted by atomic mass is 35.5. The monoisotopic (exact) mass is 334 g/mol. The number of nitrogens with zero attached hydrogens (tertiary/aromatic N) is 1. The number of anilines is 1. The van der Waals surface area contributed by atoms with Gasteiger partial charge in [-0.25, -0.2) is 0 Å². The predicted octanol–water partition coefficient (Wildman–Crippen LogP) is 4.27. The van der Waals surface area contributed by atoms with E-state index >= 15 is 0 Å². The average Bonchev–Trinajstić information content (AvgIpc) is 2.46. The lowest BCUT2D eigenvalue weighted by Gasteiger charge is -2.15. The average molecular weight is 335 g/mol. The summed E-state index contributed by atoms with van der Waals surface area (Å²) in [4.78, 5) is 12.1. The van der Waals surface area contributed by atoms with Crippen LogP contribution in [0.15, 0.2) is 42.5 Å². The number of halogens is 2. The number of hydrogen-bond donors (Lipinski definition) is 1. The molecule has 4 nitrogen and oxygen atoms in total. The lowest BCUT2D eigenvalue weighted by molar-refractivity contribution is -0.122. The van der Waals surface area contributed by atoms with Gasteiger partial charge in [0.25, 0.3) is 5.91 Å². The Morgan fingerprint density at radius 3 is 2.32 bits per heavy atom. The van der Waals surface area contributed by atoms with Crippen LogP contribution in [-0.4, -0.2) is 12.0 Å². The molecule has 0 heterocycles. The molecule has 1 atom stereocenters. The summed E-state index contributed by atoms with van der Waals surface area (Å²) < 4.78 is 5.52. The third kappa shape index (κ3) is 4.39. The highest BCUT2D eigenvalue weighted by Crippen LogP contribution is 2.23. The summed E-state index contributed by atoms with van der Waals surface area (Å²) in [5.74, 6) is 0.175. The highest BCUT2D eigenvalue weighted by molar-refractivity contribution is 6.35. The van der Waals surface area contributed by atoms with Gasteiger partial charge in [0.1, 0.15) is 5.75 Å². The van der Waals surface area contributed by atoms with E-state index in [0.29, 0.717) is 27.0 Å². The third-order valence-electron chi connectivity index (χ3n) is 2.80. The summed E-state index contributed by atoms with van der Waals surface area (Å²) in [6.07, 6.45) is -0.717. The van der Waals surface area contributed by atoms with Crippen LogP contribution in [0.2, 0.25) is 10.0 Å². The first-order valence-electron chi connectivity index (χ1n) is 6.41. The molecular weight excluding hydrogens is 323 g/mol. The van der Waals surface area contributed by atoms with Crippen molar-refractivity contribution in [3.8, 4) is 11.8 Å². The van der Waals surface area contributed by atoms with Crippen molar-refractivity contribution in [2.24, 2.45) is 0 Å². The summed E-state index contributed by atoms with van der Waals surface area (Å²) in [7, 11) is 0. The van der Waals surface area contributed by atoms with Crippen LogP contribution >= 0.6 is 23.2 Å². The van der Waals surface area contributed by atoms with Gasteiger partial charge in [0.15, 0.2) is 6.10 Å². The van der Waals surface area contributed by atoms with Gasteiger partial charge < -0.3 is 10.1 Å². The number of benzene rings is 2. The predicted molar refractivity (Wildman–Crippen MR) is 86.3 cm³/mol. The first-order chi connectivity index (χ1) is 10.5. The van der Waals surface area contributed by atoms with E-state index in [1.54, 1.807) is 49.4 Å². The molecule has 0 saturated heterocycles. The Bertz CT molecular complexity index is 704. The molecule has 0 radical (unpaired) electrons. The van der Waals surface area contributed by atoms with Crippen LogP contribution in [0.25, 0.3) is 0 Å². The number of nitrogens with one attached hydrogen (secondary N) is 1. The summed E-state index contributed by atoms with van der Waals surface area (Å²) in [5.41, 5.74) is 1.02. The third-order valence-corrected chi connectivity index (χ3v) is 3.23. The number of rotatable bonds is 4. The lowest BCUT2D eigenvalue weighted by atomic mass is 10.2. The molecule has 0 spiro atoms. The van der Waals surface area contributed by atoms with Crippen molar-refractivity contribution in [2.75, 3.05) is 5.32 Å². The fourth-order valence-corrected chi connectivity index (χ4v) is 2.26. The first-order valence-corrected chi connectivity index (χ1v) is 7.17. The Morgan fingerprint density at radius 2 is 1.77 bits per heavy atom. The van der Waals surface area contributed by atoms with Gasteiger partial charge in [-0.05, 0) is 49.4 Å². The molecule has 0 aliphatic rings. The van der Waals surface area contributed by atoms with E-state index < -0.39 is 6.10 Å². The van der Waals surface area contributed by atoms with Gasteiger partial charge in [-0.3, -0.25) is 4.79 Å². The Kier molecular flexibility index (Phi) is 5.26. The smallest absolute Gasteiger partial charge is 0.265 e. The number of carbonyl (C=O) groups excluding carboxylic acids is 1. The second-order valence-corrected chi connectivity index (χ2v) is 5.42. The van der Waals surface area contributed by atoms with Crippen LogP contribution in [0.4, 0.5) is 5.69 Å². The quantitative estimate of drug-likeness (QED) is 0.907. The number of nitriles is 1. The molecule has 1 N–H and O–H groups in total. The van der Waals surface area contributed by atoms with E-state index in [1.165, 1.54) is 0 Å². The molecule has 2 aromatic carbocycles. The molecule has 0 unspecified atom stereocenters. The zero-order valence-electron chi connectivity index (χ0n) is 11.6. The van der Waals surface area contributed by atoms with Crippen molar-refractivity contribution in [3.05, 3.63) is 58.1 Å². The number of ether oxygens (including phenoxy) is 1. The van der Waals surface area contributed by atoms with E-state index in [1.807, 2.05) is 6.07 Å². The SMILES string of the molecule is C[C@@H](Oc1ccc(C#N)cc1)C(=O)Nc1cc(Cl)cc(Cl)c1. The van der Waals surface area contributed by atoms with Crippen molar-refractivity contribution in [1.29, 1.82) is 5.26 Å². The fourth-order valence-electron chi connectivity index (χ4n) is 1.74. The molecule has 0 bridgehead atoms. The maximum absolute atomic E-state index is 12.1. The fraction of sp³-hybridized carbons (Fsp3) is 0.125. The van der Waals surface area contributed by atoms with Gasteiger partial charge in [0.2, 0.25) is 0 Å². The van der Waals surface area contributed by atoms with Crippen molar-refractivity contribution >= 4 is 34.8 Å². The number of carbonyl (C=O) groups is 1. The summed E-state index contributed by atoms with van der Waals surface area (Å²) >= 11 is 11.8. The van der Waals surface area contributed by atoms with Crippen molar-refractivity contribution in [3.63, 3.8) is 0 Å². The zero-order valence-corrected chi connectivity index (χ0v) is 13.2. The molecule has 0 aliphatic carbocycles. The van der Waals surface area contributed by atoms with Crippen LogP contribution in [0.5, 0.6) is 5.75 Å². The molecule has 112 valence electrons. The minimum absolute atomic E-state index is 0.331. The molecule has 1 amide bonds. The maximum Gasteiger partial charge on any atom is 0.265 e.